The standard InChI is InChI=1S/C20H26F3N3O4/c1-2-30-17(27)12-15-14(4-5-16(24-15)20(21,22)23)13-26-9-3-6-19(26)7-10-25(11-8-19)18(28)29/h4-5H,2-3,6-13H2,1H3,(H,28,29). The number of nitrogens with zero attached hydrogens (tertiary/aromatic N) is 3. The first-order valence-electron chi connectivity index (χ1n) is 10.1. The van der Waals surface area contributed by atoms with Crippen LogP contribution in [0.3, 0.4) is 0 Å². The van der Waals surface area contributed by atoms with Crippen molar-refractivity contribution in [2.45, 2.75) is 57.3 Å². The fraction of sp³-hybridized carbons (Fsp3) is 0.650. The second kappa shape index (κ2) is 8.79. The maximum atomic E-state index is 13.1. The lowest BCUT2D eigenvalue weighted by Crippen LogP contribution is -2.52. The van der Waals surface area contributed by atoms with Crippen LogP contribution in [0.4, 0.5) is 18.0 Å². The summed E-state index contributed by atoms with van der Waals surface area (Å²) in [7, 11) is 0. The van der Waals surface area contributed by atoms with Gasteiger partial charge in [0.25, 0.3) is 0 Å². The highest BCUT2D eigenvalue weighted by atomic mass is 19.4. The Morgan fingerprint density at radius 3 is 2.50 bits per heavy atom. The summed E-state index contributed by atoms with van der Waals surface area (Å²) in [6, 6.07) is 2.34. The van der Waals surface area contributed by atoms with Crippen molar-refractivity contribution in [1.82, 2.24) is 14.8 Å². The van der Waals surface area contributed by atoms with Gasteiger partial charge in [0.2, 0.25) is 0 Å². The van der Waals surface area contributed by atoms with Gasteiger partial charge in [-0.15, -0.1) is 0 Å². The number of carbonyl (C=O) groups excluding carboxylic acids is 1. The van der Waals surface area contributed by atoms with E-state index in [4.69, 9.17) is 4.74 Å². The van der Waals surface area contributed by atoms with Crippen LogP contribution >= 0.6 is 0 Å². The third-order valence-corrected chi connectivity index (χ3v) is 6.04. The van der Waals surface area contributed by atoms with Crippen LogP contribution in [-0.4, -0.2) is 63.7 Å². The monoisotopic (exact) mass is 429 g/mol. The van der Waals surface area contributed by atoms with Crippen LogP contribution in [0.1, 0.15) is 49.6 Å². The van der Waals surface area contributed by atoms with Crippen molar-refractivity contribution in [2.75, 3.05) is 26.2 Å². The molecule has 0 bridgehead atoms. The van der Waals surface area contributed by atoms with Crippen molar-refractivity contribution in [3.8, 4) is 0 Å². The van der Waals surface area contributed by atoms with E-state index in [1.165, 1.54) is 11.0 Å². The first kappa shape index (κ1) is 22.3. The molecule has 1 amide bonds. The van der Waals surface area contributed by atoms with Gasteiger partial charge >= 0.3 is 18.2 Å². The minimum absolute atomic E-state index is 0.0771. The number of halogens is 3. The molecule has 10 heteroatoms. The summed E-state index contributed by atoms with van der Waals surface area (Å²) >= 11 is 0. The summed E-state index contributed by atoms with van der Waals surface area (Å²) in [4.78, 5) is 30.5. The van der Waals surface area contributed by atoms with Crippen LogP contribution in [0, 0.1) is 0 Å². The number of alkyl halides is 3. The highest BCUT2D eigenvalue weighted by Crippen LogP contribution is 2.40. The Bertz CT molecular complexity index is 792. The van der Waals surface area contributed by atoms with E-state index >= 15 is 0 Å². The molecular formula is C20H26F3N3O4. The van der Waals surface area contributed by atoms with Gasteiger partial charge in [0, 0.05) is 25.2 Å². The zero-order valence-corrected chi connectivity index (χ0v) is 16.9. The SMILES string of the molecule is CCOC(=O)Cc1nc(C(F)(F)F)ccc1CN1CCCC12CCN(C(=O)O)CC2. The molecule has 3 heterocycles. The maximum Gasteiger partial charge on any atom is 0.433 e. The molecule has 2 aliphatic rings. The van der Waals surface area contributed by atoms with E-state index in [0.717, 1.165) is 25.5 Å². The highest BCUT2D eigenvalue weighted by molar-refractivity contribution is 5.72. The third-order valence-electron chi connectivity index (χ3n) is 6.04. The number of carbonyl (C=O) groups is 2. The van der Waals surface area contributed by atoms with Gasteiger partial charge in [0.1, 0.15) is 5.69 Å². The second-order valence-electron chi connectivity index (χ2n) is 7.80. The largest absolute Gasteiger partial charge is 0.466 e. The first-order chi connectivity index (χ1) is 14.1. The Balaban J connectivity index is 1.82. The Labute approximate surface area is 172 Å². The van der Waals surface area contributed by atoms with E-state index in [1.807, 2.05) is 0 Å². The normalized spacial score (nSPS) is 19.3. The summed E-state index contributed by atoms with van der Waals surface area (Å²) in [6.07, 6.45) is -2.63. The van der Waals surface area contributed by atoms with Crippen LogP contribution in [0.5, 0.6) is 0 Å². The van der Waals surface area contributed by atoms with Gasteiger partial charge in [0.15, 0.2) is 0 Å². The predicted molar refractivity (Wildman–Crippen MR) is 101 cm³/mol. The summed E-state index contributed by atoms with van der Waals surface area (Å²) in [6.45, 7) is 3.79. The molecule has 1 N–H and O–H groups in total. The number of esters is 1. The van der Waals surface area contributed by atoms with Crippen molar-refractivity contribution in [3.63, 3.8) is 0 Å². The number of hydrogen-bond donors (Lipinski definition) is 1. The molecule has 1 spiro atoms. The van der Waals surface area contributed by atoms with Crippen molar-refractivity contribution >= 4 is 12.1 Å². The number of hydrogen-bond acceptors (Lipinski definition) is 5. The number of pyridine rings is 1. The molecule has 0 aromatic carbocycles. The van der Waals surface area contributed by atoms with Crippen LogP contribution in [0.25, 0.3) is 0 Å². The van der Waals surface area contributed by atoms with Crippen LogP contribution < -0.4 is 0 Å². The Kier molecular flexibility index (Phi) is 6.54. The van der Waals surface area contributed by atoms with Gasteiger partial charge in [-0.05, 0) is 50.8 Å². The van der Waals surface area contributed by atoms with Crippen molar-refractivity contribution in [1.29, 1.82) is 0 Å². The molecule has 7 nitrogen and oxygen atoms in total. The molecule has 0 radical (unpaired) electrons. The van der Waals surface area contributed by atoms with E-state index < -0.39 is 23.9 Å². The van der Waals surface area contributed by atoms with Crippen molar-refractivity contribution in [3.05, 3.63) is 29.1 Å². The highest BCUT2D eigenvalue weighted by Gasteiger charge is 2.44. The lowest BCUT2D eigenvalue weighted by Gasteiger charge is -2.44. The molecule has 0 aliphatic carbocycles. The van der Waals surface area contributed by atoms with Crippen LogP contribution in [-0.2, 0) is 28.7 Å². The number of rotatable bonds is 5. The number of aromatic nitrogens is 1. The molecule has 2 fully saturated rings. The summed E-state index contributed by atoms with van der Waals surface area (Å²) in [5.74, 6) is -0.614. The van der Waals surface area contributed by atoms with E-state index in [2.05, 4.69) is 9.88 Å². The molecule has 1 aromatic rings. The van der Waals surface area contributed by atoms with Gasteiger partial charge in [-0.25, -0.2) is 9.78 Å². The quantitative estimate of drug-likeness (QED) is 0.723. The molecule has 0 unspecified atom stereocenters. The average Bonchev–Trinajstić information content (AvgIpc) is 3.04. The zero-order valence-electron chi connectivity index (χ0n) is 16.9. The molecule has 2 saturated heterocycles. The average molecular weight is 429 g/mol. The summed E-state index contributed by atoms with van der Waals surface area (Å²) in [5.41, 5.74) is -0.557. The molecule has 1 aromatic heterocycles. The minimum Gasteiger partial charge on any atom is -0.466 e. The molecule has 3 rings (SSSR count). The van der Waals surface area contributed by atoms with E-state index in [1.54, 1.807) is 6.92 Å². The number of likely N-dealkylation sites (tertiary alicyclic amines) is 2. The fourth-order valence-corrected chi connectivity index (χ4v) is 4.46. The van der Waals surface area contributed by atoms with E-state index in [0.29, 0.717) is 38.0 Å². The van der Waals surface area contributed by atoms with Crippen LogP contribution in [0.15, 0.2) is 12.1 Å². The van der Waals surface area contributed by atoms with Gasteiger partial charge in [-0.2, -0.15) is 13.2 Å². The van der Waals surface area contributed by atoms with Crippen molar-refractivity contribution in [2.24, 2.45) is 0 Å². The molecular weight excluding hydrogens is 403 g/mol. The maximum absolute atomic E-state index is 13.1. The van der Waals surface area contributed by atoms with Crippen molar-refractivity contribution < 1.29 is 32.6 Å². The van der Waals surface area contributed by atoms with Crippen LogP contribution in [0.2, 0.25) is 0 Å². The smallest absolute Gasteiger partial charge is 0.433 e. The summed E-state index contributed by atoms with van der Waals surface area (Å²) < 4.78 is 44.3. The molecule has 0 saturated carbocycles. The van der Waals surface area contributed by atoms with E-state index in [-0.39, 0.29) is 24.3 Å². The predicted octanol–water partition coefficient (Wildman–Crippen LogP) is 3.31. The Morgan fingerprint density at radius 1 is 1.20 bits per heavy atom. The summed E-state index contributed by atoms with van der Waals surface area (Å²) in [5, 5.41) is 9.19. The molecule has 2 aliphatic heterocycles. The van der Waals surface area contributed by atoms with Gasteiger partial charge in [-0.1, -0.05) is 6.07 Å². The Hall–Kier alpha value is -2.36. The molecule has 30 heavy (non-hydrogen) atoms. The first-order valence-corrected chi connectivity index (χ1v) is 10.1. The number of amides is 1. The van der Waals surface area contributed by atoms with E-state index in [9.17, 15) is 27.9 Å². The van der Waals surface area contributed by atoms with Gasteiger partial charge in [0.05, 0.1) is 18.7 Å². The number of carboxylic acid groups (broad SMARTS) is 1. The second-order valence-corrected chi connectivity index (χ2v) is 7.80. The van der Waals surface area contributed by atoms with Gasteiger partial charge < -0.3 is 14.7 Å². The molecule has 166 valence electrons. The number of ether oxygens (including phenoxy) is 1. The minimum atomic E-state index is -4.60. The lowest BCUT2D eigenvalue weighted by atomic mass is 9.84. The Morgan fingerprint density at radius 2 is 1.90 bits per heavy atom. The molecule has 0 atom stereocenters. The zero-order chi connectivity index (χ0) is 21.9. The van der Waals surface area contributed by atoms with Gasteiger partial charge in [-0.3, -0.25) is 9.69 Å². The fourth-order valence-electron chi connectivity index (χ4n) is 4.46. The lowest BCUT2D eigenvalue weighted by molar-refractivity contribution is -0.144. The third kappa shape index (κ3) is 4.85. The topological polar surface area (TPSA) is 83.0 Å². The number of piperidine rings is 1.